The predicted molar refractivity (Wildman–Crippen MR) is 163 cm³/mol. The van der Waals surface area contributed by atoms with Crippen LogP contribution in [0.25, 0.3) is 11.3 Å². The number of nitrogens with zero attached hydrogens (tertiary/aromatic N) is 3. The maximum atomic E-state index is 13.2. The van der Waals surface area contributed by atoms with Crippen LogP contribution in [0.1, 0.15) is 67.6 Å². The summed E-state index contributed by atoms with van der Waals surface area (Å²) in [6.07, 6.45) is 6.05. The predicted octanol–water partition coefficient (Wildman–Crippen LogP) is 5.40. The highest BCUT2D eigenvalue weighted by Gasteiger charge is 2.53. The van der Waals surface area contributed by atoms with Gasteiger partial charge in [-0.2, -0.15) is 13.4 Å². The number of anilines is 1. The van der Waals surface area contributed by atoms with Gasteiger partial charge in [-0.25, -0.2) is 19.5 Å². The SMILES string of the molecule is Cc1cccc(C)c1-c1cc(OC[C@@H](CC(C)C)NC2CC3(CC3)C2)nc(NS(=O)(=O)c2cccc(C(=O)O)n2)n1.Cl. The van der Waals surface area contributed by atoms with Gasteiger partial charge in [-0.3, -0.25) is 0 Å². The number of sulfonamides is 1. The second-order valence-electron chi connectivity index (χ2n) is 11.9. The van der Waals surface area contributed by atoms with Gasteiger partial charge in [0, 0.05) is 23.7 Å². The zero-order valence-electron chi connectivity index (χ0n) is 24.3. The molecule has 0 amide bonds. The van der Waals surface area contributed by atoms with E-state index in [1.54, 1.807) is 6.07 Å². The van der Waals surface area contributed by atoms with Crippen LogP contribution in [0.5, 0.6) is 5.88 Å². The summed E-state index contributed by atoms with van der Waals surface area (Å²) >= 11 is 0. The average molecular weight is 616 g/mol. The molecule has 12 heteroatoms. The third-order valence-electron chi connectivity index (χ3n) is 7.86. The first-order valence-electron chi connectivity index (χ1n) is 14.0. The number of pyridine rings is 1. The topological polar surface area (TPSA) is 143 Å². The van der Waals surface area contributed by atoms with Crippen molar-refractivity contribution in [3.8, 4) is 17.1 Å². The third-order valence-corrected chi connectivity index (χ3v) is 9.09. The molecule has 1 atom stereocenters. The fourth-order valence-electron chi connectivity index (χ4n) is 5.71. The number of hydrogen-bond donors (Lipinski definition) is 3. The first-order chi connectivity index (χ1) is 19.4. The molecule has 5 rings (SSSR count). The van der Waals surface area contributed by atoms with E-state index in [-0.39, 0.29) is 36.0 Å². The van der Waals surface area contributed by atoms with E-state index >= 15 is 0 Å². The number of aryl methyl sites for hydroxylation is 2. The fraction of sp³-hybridized carbons (Fsp3) is 0.467. The lowest BCUT2D eigenvalue weighted by Gasteiger charge is -2.39. The van der Waals surface area contributed by atoms with Gasteiger partial charge >= 0.3 is 5.97 Å². The molecule has 3 N–H and O–H groups in total. The van der Waals surface area contributed by atoms with Crippen LogP contribution in [-0.2, 0) is 10.0 Å². The Morgan fingerprint density at radius 3 is 2.36 bits per heavy atom. The number of aromatic nitrogens is 3. The van der Waals surface area contributed by atoms with E-state index in [1.807, 2.05) is 32.0 Å². The Morgan fingerprint density at radius 1 is 1.07 bits per heavy atom. The van der Waals surface area contributed by atoms with Gasteiger partial charge in [-0.15, -0.1) is 12.4 Å². The summed E-state index contributed by atoms with van der Waals surface area (Å²) in [7, 11) is -4.29. The number of carboxylic acid groups (broad SMARTS) is 1. The zero-order valence-corrected chi connectivity index (χ0v) is 25.9. The van der Waals surface area contributed by atoms with Gasteiger partial charge in [-0.05, 0) is 80.5 Å². The second-order valence-corrected chi connectivity index (χ2v) is 13.5. The number of hydrogen-bond acceptors (Lipinski definition) is 8. The van der Waals surface area contributed by atoms with Crippen molar-refractivity contribution in [3.63, 3.8) is 0 Å². The molecular weight excluding hydrogens is 578 g/mol. The lowest BCUT2D eigenvalue weighted by Crippen LogP contribution is -2.49. The molecule has 2 aliphatic rings. The summed E-state index contributed by atoms with van der Waals surface area (Å²) in [4.78, 5) is 24.0. The molecule has 2 heterocycles. The number of carbonyl (C=O) groups is 1. The van der Waals surface area contributed by atoms with E-state index in [1.165, 1.54) is 43.9 Å². The van der Waals surface area contributed by atoms with Crippen molar-refractivity contribution in [3.05, 3.63) is 59.3 Å². The summed E-state index contributed by atoms with van der Waals surface area (Å²) < 4.78 is 34.9. The smallest absolute Gasteiger partial charge is 0.354 e. The summed E-state index contributed by atoms with van der Waals surface area (Å²) in [5, 5.41) is 12.6. The first-order valence-corrected chi connectivity index (χ1v) is 15.5. The minimum Gasteiger partial charge on any atom is -0.477 e. The maximum absolute atomic E-state index is 13.2. The number of benzene rings is 1. The van der Waals surface area contributed by atoms with Crippen LogP contribution in [0.4, 0.5) is 5.95 Å². The van der Waals surface area contributed by atoms with Crippen LogP contribution in [-0.4, -0.2) is 53.1 Å². The monoisotopic (exact) mass is 615 g/mol. The molecule has 42 heavy (non-hydrogen) atoms. The third kappa shape index (κ3) is 7.37. The molecule has 3 aromatic rings. The number of rotatable bonds is 12. The molecule has 0 radical (unpaired) electrons. The number of aromatic carboxylic acids is 1. The highest BCUT2D eigenvalue weighted by molar-refractivity contribution is 7.92. The average Bonchev–Trinajstić information content (AvgIpc) is 3.67. The molecule has 10 nitrogen and oxygen atoms in total. The second kappa shape index (κ2) is 12.5. The molecule has 0 unspecified atom stereocenters. The molecule has 2 aliphatic carbocycles. The highest BCUT2D eigenvalue weighted by atomic mass is 35.5. The van der Waals surface area contributed by atoms with E-state index in [0.717, 1.165) is 23.1 Å². The molecule has 0 bridgehead atoms. The van der Waals surface area contributed by atoms with E-state index in [2.05, 4.69) is 38.8 Å². The standard InChI is InChI=1S/C30H37N5O5S.ClH/c1-18(2)13-21(31-22-15-30(16-22)11-12-30)17-40-25-14-24(27-19(3)7-5-8-20(27)4)33-29(34-25)35-41(38,39)26-10-6-9-23(32-26)28(36)37;/h5-10,14,18,21-22,31H,11-13,15-17H2,1-4H3,(H,36,37)(H,33,34,35);1H/t21-;/m1./s1. The minimum absolute atomic E-state index is 0. The molecule has 1 spiro atoms. The Labute approximate surface area is 253 Å². The number of nitrogens with one attached hydrogen (secondary N) is 2. The normalized spacial score (nSPS) is 16.4. The Hall–Kier alpha value is -3.28. The van der Waals surface area contributed by atoms with Crippen molar-refractivity contribution in [2.75, 3.05) is 11.3 Å². The summed E-state index contributed by atoms with van der Waals surface area (Å²) in [6, 6.07) is 12.0. The minimum atomic E-state index is -4.29. The van der Waals surface area contributed by atoms with E-state index < -0.39 is 21.0 Å². The lowest BCUT2D eigenvalue weighted by atomic mass is 9.76. The molecule has 226 valence electrons. The first kappa shape index (κ1) is 31.7. The Balaban J connectivity index is 0.00000405. The zero-order chi connectivity index (χ0) is 29.4. The Bertz CT molecular complexity index is 1530. The molecule has 2 saturated carbocycles. The van der Waals surface area contributed by atoms with Gasteiger partial charge in [-0.1, -0.05) is 38.1 Å². The van der Waals surface area contributed by atoms with Gasteiger partial charge < -0.3 is 15.2 Å². The number of halogens is 1. The van der Waals surface area contributed by atoms with Crippen molar-refractivity contribution < 1.29 is 23.1 Å². The Morgan fingerprint density at radius 2 is 1.74 bits per heavy atom. The molecule has 0 saturated heterocycles. The molecule has 2 fully saturated rings. The van der Waals surface area contributed by atoms with Gasteiger partial charge in [0.15, 0.2) is 5.03 Å². The molecular formula is C30H38ClN5O5S. The van der Waals surface area contributed by atoms with Crippen LogP contribution in [0, 0.1) is 25.2 Å². The van der Waals surface area contributed by atoms with Crippen molar-refractivity contribution in [2.24, 2.45) is 11.3 Å². The van der Waals surface area contributed by atoms with Crippen LogP contribution in [0.2, 0.25) is 0 Å². The van der Waals surface area contributed by atoms with Gasteiger partial charge in [0.05, 0.1) is 5.69 Å². The number of ether oxygens (including phenoxy) is 1. The lowest BCUT2D eigenvalue weighted by molar-refractivity contribution is 0.0689. The quantitative estimate of drug-likeness (QED) is 0.244. The van der Waals surface area contributed by atoms with Crippen LogP contribution in [0.3, 0.4) is 0 Å². The molecule has 1 aromatic carbocycles. The molecule has 2 aromatic heterocycles. The highest BCUT2D eigenvalue weighted by Crippen LogP contribution is 2.60. The van der Waals surface area contributed by atoms with E-state index in [4.69, 9.17) is 4.74 Å². The van der Waals surface area contributed by atoms with Crippen LogP contribution in [0.15, 0.2) is 47.5 Å². The molecule has 0 aliphatic heterocycles. The van der Waals surface area contributed by atoms with E-state index in [9.17, 15) is 18.3 Å². The summed E-state index contributed by atoms with van der Waals surface area (Å²) in [5.41, 5.74) is 3.52. The summed E-state index contributed by atoms with van der Waals surface area (Å²) in [5.74, 6) is -0.806. The summed E-state index contributed by atoms with van der Waals surface area (Å²) in [6.45, 7) is 8.66. The van der Waals surface area contributed by atoms with Crippen LogP contribution >= 0.6 is 12.4 Å². The Kier molecular flexibility index (Phi) is 9.44. The van der Waals surface area contributed by atoms with Gasteiger partial charge in [0.2, 0.25) is 11.8 Å². The van der Waals surface area contributed by atoms with Crippen molar-refractivity contribution in [1.29, 1.82) is 0 Å². The van der Waals surface area contributed by atoms with E-state index in [0.29, 0.717) is 29.7 Å². The van der Waals surface area contributed by atoms with Gasteiger partial charge in [0.25, 0.3) is 10.0 Å². The number of carboxylic acids is 1. The van der Waals surface area contributed by atoms with Crippen LogP contribution < -0.4 is 14.8 Å². The maximum Gasteiger partial charge on any atom is 0.354 e. The van der Waals surface area contributed by atoms with Crippen molar-refractivity contribution in [1.82, 2.24) is 20.3 Å². The largest absolute Gasteiger partial charge is 0.477 e. The van der Waals surface area contributed by atoms with Gasteiger partial charge in [0.1, 0.15) is 12.3 Å². The van der Waals surface area contributed by atoms with Crippen molar-refractivity contribution >= 4 is 34.3 Å². The van der Waals surface area contributed by atoms with Crippen molar-refractivity contribution in [2.45, 2.75) is 76.9 Å². The fourth-order valence-corrected chi connectivity index (χ4v) is 6.62.